The Labute approximate surface area is 240 Å². The van der Waals surface area contributed by atoms with Gasteiger partial charge in [-0.3, -0.25) is 4.79 Å². The SMILES string of the molecule is CCOC(=O)[C@]1(C)CCC[C@@]2(C)[C@@H]3CC[C@@]4(C)C[C@]3(CC[C@@H]21)C[C@H]4OCc1cn(-c2ccc(C(C)C)cc2)nn1. The van der Waals surface area contributed by atoms with Crippen molar-refractivity contribution in [2.24, 2.45) is 33.5 Å². The molecule has 4 aliphatic carbocycles. The van der Waals surface area contributed by atoms with Crippen LogP contribution in [0.5, 0.6) is 0 Å². The first-order chi connectivity index (χ1) is 19.0. The fraction of sp³-hybridized carbons (Fsp3) is 0.735. The van der Waals surface area contributed by atoms with E-state index in [1.165, 1.54) is 37.7 Å². The summed E-state index contributed by atoms with van der Waals surface area (Å²) in [4.78, 5) is 13.2. The molecule has 0 radical (unpaired) electrons. The molecule has 0 unspecified atom stereocenters. The number of carbonyl (C=O) groups is 1. The lowest BCUT2D eigenvalue weighted by molar-refractivity contribution is -0.187. The molecule has 2 bridgehead atoms. The van der Waals surface area contributed by atoms with Crippen molar-refractivity contribution in [2.45, 2.75) is 118 Å². The summed E-state index contributed by atoms with van der Waals surface area (Å²) in [5.41, 5.74) is 3.63. The Bertz CT molecular complexity index is 1240. The van der Waals surface area contributed by atoms with E-state index < -0.39 is 0 Å². The monoisotopic (exact) mass is 547 g/mol. The molecule has 4 saturated carbocycles. The van der Waals surface area contributed by atoms with Crippen LogP contribution in [0.25, 0.3) is 5.69 Å². The Morgan fingerprint density at radius 1 is 1.05 bits per heavy atom. The zero-order chi connectivity index (χ0) is 28.3. The van der Waals surface area contributed by atoms with E-state index in [0.717, 1.165) is 37.1 Å². The number of fused-ring (bicyclic) bond motifs is 3. The zero-order valence-electron chi connectivity index (χ0n) is 25.5. The van der Waals surface area contributed by atoms with Crippen molar-refractivity contribution >= 4 is 5.97 Å². The molecule has 6 rings (SSSR count). The predicted octanol–water partition coefficient (Wildman–Crippen LogP) is 7.64. The lowest BCUT2D eigenvalue weighted by Gasteiger charge is -2.64. The standard InChI is InChI=1S/C34H49N3O3/c1-7-39-30(38)33(6)16-8-15-32(5)27(33)14-18-34-19-29(31(4,22-34)17-13-28(32)34)40-21-25-20-37(36-35-25)26-11-9-24(10-12-26)23(2)3/h9-12,20,23,27-29H,7-8,13-19,21-22H2,1-6H3/t27-,28-,29+,31-,32+,33+,34-/m0/s1. The van der Waals surface area contributed by atoms with Gasteiger partial charge in [0.1, 0.15) is 5.69 Å². The third-order valence-corrected chi connectivity index (χ3v) is 12.1. The molecule has 0 saturated heterocycles. The molecule has 1 heterocycles. The van der Waals surface area contributed by atoms with Crippen LogP contribution in [0, 0.1) is 33.5 Å². The average Bonchev–Trinajstić information content (AvgIpc) is 3.47. The average molecular weight is 548 g/mol. The molecule has 7 atom stereocenters. The summed E-state index contributed by atoms with van der Waals surface area (Å²) in [7, 11) is 0. The normalized spacial score (nSPS) is 38.6. The predicted molar refractivity (Wildman–Crippen MR) is 156 cm³/mol. The highest BCUT2D eigenvalue weighted by Crippen LogP contribution is 2.74. The maximum absolute atomic E-state index is 13.2. The van der Waals surface area contributed by atoms with Crippen molar-refractivity contribution in [1.29, 1.82) is 0 Å². The van der Waals surface area contributed by atoms with Crippen LogP contribution in [0.3, 0.4) is 0 Å². The van der Waals surface area contributed by atoms with Gasteiger partial charge in [-0.1, -0.05) is 51.5 Å². The Morgan fingerprint density at radius 2 is 1.80 bits per heavy atom. The number of hydrogen-bond donors (Lipinski definition) is 0. The van der Waals surface area contributed by atoms with Crippen molar-refractivity contribution in [3.63, 3.8) is 0 Å². The van der Waals surface area contributed by atoms with E-state index in [1.807, 2.05) is 17.8 Å². The van der Waals surface area contributed by atoms with E-state index >= 15 is 0 Å². The van der Waals surface area contributed by atoms with Crippen molar-refractivity contribution in [3.05, 3.63) is 41.7 Å². The van der Waals surface area contributed by atoms with Gasteiger partial charge < -0.3 is 9.47 Å². The first-order valence-electron chi connectivity index (χ1n) is 15.8. The van der Waals surface area contributed by atoms with E-state index in [2.05, 4.69) is 69.2 Å². The number of nitrogens with zero attached hydrogens (tertiary/aromatic N) is 3. The maximum Gasteiger partial charge on any atom is 0.312 e. The third-order valence-electron chi connectivity index (χ3n) is 12.1. The van der Waals surface area contributed by atoms with Crippen molar-refractivity contribution in [2.75, 3.05) is 6.61 Å². The molecule has 218 valence electrons. The van der Waals surface area contributed by atoms with Crippen LogP contribution >= 0.6 is 0 Å². The summed E-state index contributed by atoms with van der Waals surface area (Å²) >= 11 is 0. The molecule has 1 aromatic carbocycles. The second-order valence-electron chi connectivity index (χ2n) is 14.8. The molecule has 4 aliphatic rings. The summed E-state index contributed by atoms with van der Waals surface area (Å²) in [6.45, 7) is 14.5. The smallest absolute Gasteiger partial charge is 0.312 e. The van der Waals surface area contributed by atoms with E-state index in [-0.39, 0.29) is 28.3 Å². The van der Waals surface area contributed by atoms with Crippen molar-refractivity contribution < 1.29 is 14.3 Å². The van der Waals surface area contributed by atoms with Gasteiger partial charge >= 0.3 is 5.97 Å². The summed E-state index contributed by atoms with van der Waals surface area (Å²) < 4.78 is 14.3. The summed E-state index contributed by atoms with van der Waals surface area (Å²) in [6, 6.07) is 8.57. The minimum Gasteiger partial charge on any atom is -0.466 e. The van der Waals surface area contributed by atoms with Gasteiger partial charge in [-0.2, -0.15) is 0 Å². The van der Waals surface area contributed by atoms with Gasteiger partial charge in [-0.05, 0) is 117 Å². The molecule has 2 aromatic rings. The Balaban J connectivity index is 1.16. The van der Waals surface area contributed by atoms with Crippen molar-refractivity contribution in [3.8, 4) is 5.69 Å². The van der Waals surface area contributed by atoms with Crippen LogP contribution < -0.4 is 0 Å². The summed E-state index contributed by atoms with van der Waals surface area (Å²) in [5.74, 6) is 1.62. The molecule has 6 heteroatoms. The first kappa shape index (κ1) is 27.9. The second kappa shape index (κ2) is 9.96. The van der Waals surface area contributed by atoms with E-state index in [4.69, 9.17) is 9.47 Å². The molecule has 1 spiro atoms. The Kier molecular flexibility index (Phi) is 6.95. The number of hydrogen-bond acceptors (Lipinski definition) is 5. The van der Waals surface area contributed by atoms with Crippen LogP contribution in [0.4, 0.5) is 0 Å². The minimum atomic E-state index is -0.346. The van der Waals surface area contributed by atoms with E-state index in [0.29, 0.717) is 36.4 Å². The fourth-order valence-corrected chi connectivity index (χ4v) is 10.2. The van der Waals surface area contributed by atoms with Gasteiger partial charge in [0.05, 0.1) is 36.6 Å². The topological polar surface area (TPSA) is 66.2 Å². The van der Waals surface area contributed by atoms with Crippen LogP contribution in [0.15, 0.2) is 30.5 Å². The number of benzene rings is 1. The largest absolute Gasteiger partial charge is 0.466 e. The van der Waals surface area contributed by atoms with Gasteiger partial charge in [-0.25, -0.2) is 4.68 Å². The van der Waals surface area contributed by atoms with Gasteiger partial charge in [0.25, 0.3) is 0 Å². The lowest BCUT2D eigenvalue weighted by atomic mass is 9.40. The molecular formula is C34H49N3O3. The van der Waals surface area contributed by atoms with E-state index in [1.54, 1.807) is 0 Å². The maximum atomic E-state index is 13.2. The number of carbonyl (C=O) groups excluding carboxylic acids is 1. The van der Waals surface area contributed by atoms with Gasteiger partial charge in [0, 0.05) is 0 Å². The number of rotatable bonds is 7. The van der Waals surface area contributed by atoms with Crippen LogP contribution in [0.2, 0.25) is 0 Å². The highest BCUT2D eigenvalue weighted by molar-refractivity contribution is 5.77. The van der Waals surface area contributed by atoms with Crippen LogP contribution in [0.1, 0.15) is 117 Å². The first-order valence-corrected chi connectivity index (χ1v) is 15.8. The molecule has 0 aliphatic heterocycles. The Morgan fingerprint density at radius 3 is 2.52 bits per heavy atom. The summed E-state index contributed by atoms with van der Waals surface area (Å²) in [5, 5.41) is 8.85. The molecular weight excluding hydrogens is 498 g/mol. The number of aromatic nitrogens is 3. The number of esters is 1. The second-order valence-corrected chi connectivity index (χ2v) is 14.8. The van der Waals surface area contributed by atoms with Gasteiger partial charge in [-0.15, -0.1) is 5.10 Å². The van der Waals surface area contributed by atoms with E-state index in [9.17, 15) is 4.79 Å². The third kappa shape index (κ3) is 4.35. The molecule has 1 aromatic heterocycles. The summed E-state index contributed by atoms with van der Waals surface area (Å²) in [6.07, 6.45) is 12.8. The molecule has 0 N–H and O–H groups in total. The highest BCUT2D eigenvalue weighted by atomic mass is 16.5. The number of ether oxygens (including phenoxy) is 2. The fourth-order valence-electron chi connectivity index (χ4n) is 10.2. The van der Waals surface area contributed by atoms with Gasteiger partial charge in [0.2, 0.25) is 0 Å². The van der Waals surface area contributed by atoms with Crippen LogP contribution in [-0.4, -0.2) is 33.7 Å². The quantitative estimate of drug-likeness (QED) is 0.333. The highest BCUT2D eigenvalue weighted by Gasteiger charge is 2.68. The Hall–Kier alpha value is -2.21. The minimum absolute atomic E-state index is 0.0408. The molecule has 0 amide bonds. The lowest BCUT2D eigenvalue weighted by Crippen LogP contribution is -2.58. The van der Waals surface area contributed by atoms with Crippen LogP contribution in [-0.2, 0) is 20.9 Å². The molecule has 4 fully saturated rings. The molecule has 6 nitrogen and oxygen atoms in total. The molecule has 40 heavy (non-hydrogen) atoms. The van der Waals surface area contributed by atoms with Crippen molar-refractivity contribution in [1.82, 2.24) is 15.0 Å². The van der Waals surface area contributed by atoms with Gasteiger partial charge in [0.15, 0.2) is 0 Å². The zero-order valence-corrected chi connectivity index (χ0v) is 25.5.